The summed E-state index contributed by atoms with van der Waals surface area (Å²) in [5.74, 6) is -0.886. The molecule has 0 spiro atoms. The lowest BCUT2D eigenvalue weighted by Gasteiger charge is -2.13. The Bertz CT molecular complexity index is 684. The molecule has 0 radical (unpaired) electrons. The van der Waals surface area contributed by atoms with Crippen LogP contribution in [0.25, 0.3) is 0 Å². The van der Waals surface area contributed by atoms with Gasteiger partial charge in [-0.3, -0.25) is 9.59 Å². The highest BCUT2D eigenvalue weighted by Crippen LogP contribution is 2.14. The number of carbonyl (C=O) groups is 2. The molecule has 0 unspecified atom stereocenters. The zero-order chi connectivity index (χ0) is 16.8. The summed E-state index contributed by atoms with van der Waals surface area (Å²) in [6.45, 7) is 1.52. The number of esters is 1. The second-order valence-corrected chi connectivity index (χ2v) is 5.80. The second-order valence-electron chi connectivity index (χ2n) is 4.93. The predicted octanol–water partition coefficient (Wildman–Crippen LogP) is 4.11. The summed E-state index contributed by atoms with van der Waals surface area (Å²) >= 11 is 11.6. The first-order chi connectivity index (χ1) is 10.9. The third-order valence-corrected chi connectivity index (χ3v) is 3.55. The van der Waals surface area contributed by atoms with E-state index >= 15 is 0 Å². The van der Waals surface area contributed by atoms with E-state index < -0.39 is 18.0 Å². The fraction of sp³-hybridized carbons (Fsp3) is 0.176. The summed E-state index contributed by atoms with van der Waals surface area (Å²) in [5, 5.41) is 3.82. The average Bonchev–Trinajstić information content (AvgIpc) is 2.51. The molecule has 4 nitrogen and oxygen atoms in total. The van der Waals surface area contributed by atoms with Gasteiger partial charge in [0.1, 0.15) is 0 Å². The number of carbonyl (C=O) groups excluding carboxylic acids is 2. The Labute approximate surface area is 144 Å². The Morgan fingerprint density at radius 2 is 1.52 bits per heavy atom. The van der Waals surface area contributed by atoms with Crippen LogP contribution in [0.1, 0.15) is 12.5 Å². The van der Waals surface area contributed by atoms with E-state index in [-0.39, 0.29) is 6.42 Å². The van der Waals surface area contributed by atoms with Crippen molar-refractivity contribution >= 4 is 40.8 Å². The van der Waals surface area contributed by atoms with Crippen LogP contribution >= 0.6 is 23.2 Å². The van der Waals surface area contributed by atoms with Gasteiger partial charge in [0, 0.05) is 15.7 Å². The molecule has 0 aliphatic heterocycles. The van der Waals surface area contributed by atoms with Crippen molar-refractivity contribution in [3.63, 3.8) is 0 Å². The van der Waals surface area contributed by atoms with Crippen molar-refractivity contribution < 1.29 is 14.3 Å². The van der Waals surface area contributed by atoms with Crippen LogP contribution in [0.15, 0.2) is 48.5 Å². The molecular weight excluding hydrogens is 337 g/mol. The Morgan fingerprint density at radius 3 is 2.09 bits per heavy atom. The van der Waals surface area contributed by atoms with Crippen LogP contribution in [0, 0.1) is 0 Å². The quantitative estimate of drug-likeness (QED) is 0.824. The highest BCUT2D eigenvalue weighted by molar-refractivity contribution is 6.30. The average molecular weight is 352 g/mol. The zero-order valence-corrected chi connectivity index (χ0v) is 13.9. The molecule has 0 aliphatic rings. The number of hydrogen-bond acceptors (Lipinski definition) is 3. The summed E-state index contributed by atoms with van der Waals surface area (Å²) < 4.78 is 5.13. The van der Waals surface area contributed by atoms with E-state index in [0.29, 0.717) is 15.7 Å². The van der Waals surface area contributed by atoms with Gasteiger partial charge in [0.25, 0.3) is 5.91 Å². The minimum atomic E-state index is -0.898. The van der Waals surface area contributed by atoms with E-state index in [2.05, 4.69) is 5.32 Å². The van der Waals surface area contributed by atoms with E-state index in [9.17, 15) is 9.59 Å². The van der Waals surface area contributed by atoms with E-state index in [4.69, 9.17) is 27.9 Å². The molecule has 1 amide bonds. The molecule has 2 aromatic carbocycles. The summed E-state index contributed by atoms with van der Waals surface area (Å²) in [5.41, 5.74) is 1.35. The van der Waals surface area contributed by atoms with Gasteiger partial charge in [-0.1, -0.05) is 35.3 Å². The van der Waals surface area contributed by atoms with Crippen molar-refractivity contribution in [2.45, 2.75) is 19.4 Å². The minimum absolute atomic E-state index is 0.0791. The molecule has 0 fully saturated rings. The topological polar surface area (TPSA) is 55.4 Å². The number of ether oxygens (including phenoxy) is 1. The molecule has 0 saturated heterocycles. The molecule has 0 aliphatic carbocycles. The normalized spacial score (nSPS) is 11.6. The molecule has 120 valence electrons. The molecule has 0 saturated carbocycles. The van der Waals surface area contributed by atoms with Crippen LogP contribution in [-0.4, -0.2) is 18.0 Å². The standard InChI is InChI=1S/C17H15Cl2NO3/c1-11(17(22)20-15-8-6-14(19)7-9-15)23-16(21)10-12-2-4-13(18)5-3-12/h2-9,11H,10H2,1H3,(H,20,22)/t11-/m1/s1. The molecule has 2 rings (SSSR count). The highest BCUT2D eigenvalue weighted by atomic mass is 35.5. The number of amides is 1. The highest BCUT2D eigenvalue weighted by Gasteiger charge is 2.18. The van der Waals surface area contributed by atoms with Crippen molar-refractivity contribution in [1.82, 2.24) is 0 Å². The number of halogens is 2. The fourth-order valence-electron chi connectivity index (χ4n) is 1.84. The van der Waals surface area contributed by atoms with Crippen molar-refractivity contribution in [1.29, 1.82) is 0 Å². The van der Waals surface area contributed by atoms with Crippen molar-refractivity contribution in [3.8, 4) is 0 Å². The third kappa shape index (κ3) is 5.58. The summed E-state index contributed by atoms with van der Waals surface area (Å²) in [6, 6.07) is 13.5. The van der Waals surface area contributed by atoms with Gasteiger partial charge >= 0.3 is 5.97 Å². The first kappa shape index (κ1) is 17.3. The van der Waals surface area contributed by atoms with Gasteiger partial charge < -0.3 is 10.1 Å². The van der Waals surface area contributed by atoms with Gasteiger partial charge in [-0.05, 0) is 48.9 Å². The SMILES string of the molecule is C[C@@H](OC(=O)Cc1ccc(Cl)cc1)C(=O)Nc1ccc(Cl)cc1. The molecule has 0 bridgehead atoms. The molecule has 1 atom stereocenters. The van der Waals surface area contributed by atoms with Crippen LogP contribution in [0.4, 0.5) is 5.69 Å². The number of benzene rings is 2. The molecule has 1 N–H and O–H groups in total. The van der Waals surface area contributed by atoms with Gasteiger partial charge in [0.15, 0.2) is 6.10 Å². The first-order valence-electron chi connectivity index (χ1n) is 6.94. The third-order valence-electron chi connectivity index (χ3n) is 3.05. The second kappa shape index (κ2) is 7.99. The van der Waals surface area contributed by atoms with Crippen LogP contribution in [0.3, 0.4) is 0 Å². The molecule has 2 aromatic rings. The Morgan fingerprint density at radius 1 is 1.00 bits per heavy atom. The van der Waals surface area contributed by atoms with Crippen molar-refractivity contribution in [2.24, 2.45) is 0 Å². The molecule has 0 heterocycles. The summed E-state index contributed by atoms with van der Waals surface area (Å²) in [7, 11) is 0. The van der Waals surface area contributed by atoms with E-state index in [1.165, 1.54) is 6.92 Å². The van der Waals surface area contributed by atoms with E-state index in [1.807, 2.05) is 0 Å². The molecular formula is C17H15Cl2NO3. The Kier molecular flexibility index (Phi) is 6.02. The smallest absolute Gasteiger partial charge is 0.311 e. The Hall–Kier alpha value is -2.04. The van der Waals surface area contributed by atoms with Gasteiger partial charge in [0.05, 0.1) is 6.42 Å². The minimum Gasteiger partial charge on any atom is -0.452 e. The van der Waals surface area contributed by atoms with Crippen LogP contribution in [-0.2, 0) is 20.7 Å². The van der Waals surface area contributed by atoms with Gasteiger partial charge in [0.2, 0.25) is 0 Å². The van der Waals surface area contributed by atoms with E-state index in [0.717, 1.165) is 5.56 Å². The lowest BCUT2D eigenvalue weighted by atomic mass is 10.1. The van der Waals surface area contributed by atoms with Gasteiger partial charge in [-0.15, -0.1) is 0 Å². The largest absolute Gasteiger partial charge is 0.452 e. The fourth-order valence-corrected chi connectivity index (χ4v) is 2.09. The first-order valence-corrected chi connectivity index (χ1v) is 7.70. The van der Waals surface area contributed by atoms with E-state index in [1.54, 1.807) is 48.5 Å². The van der Waals surface area contributed by atoms with Gasteiger partial charge in [-0.2, -0.15) is 0 Å². The monoisotopic (exact) mass is 351 g/mol. The Balaban J connectivity index is 1.86. The predicted molar refractivity (Wildman–Crippen MR) is 90.8 cm³/mol. The van der Waals surface area contributed by atoms with Crippen molar-refractivity contribution in [2.75, 3.05) is 5.32 Å². The van der Waals surface area contributed by atoms with Crippen LogP contribution in [0.5, 0.6) is 0 Å². The maximum Gasteiger partial charge on any atom is 0.311 e. The lowest BCUT2D eigenvalue weighted by Crippen LogP contribution is -2.30. The lowest BCUT2D eigenvalue weighted by molar-refractivity contribution is -0.152. The number of rotatable bonds is 5. The number of anilines is 1. The number of nitrogens with one attached hydrogen (secondary N) is 1. The van der Waals surface area contributed by atoms with Gasteiger partial charge in [-0.25, -0.2) is 0 Å². The molecule has 23 heavy (non-hydrogen) atoms. The maximum atomic E-state index is 12.0. The van der Waals surface area contributed by atoms with Crippen LogP contribution in [0.2, 0.25) is 10.0 Å². The molecule has 0 aromatic heterocycles. The van der Waals surface area contributed by atoms with Crippen LogP contribution < -0.4 is 5.32 Å². The summed E-state index contributed by atoms with van der Waals surface area (Å²) in [4.78, 5) is 23.8. The number of hydrogen-bond donors (Lipinski definition) is 1. The zero-order valence-electron chi connectivity index (χ0n) is 12.4. The summed E-state index contributed by atoms with van der Waals surface area (Å²) in [6.07, 6.45) is -0.819. The molecule has 6 heteroatoms. The van der Waals surface area contributed by atoms with Crippen molar-refractivity contribution in [3.05, 3.63) is 64.1 Å². The maximum absolute atomic E-state index is 12.0.